The molecule has 2 aliphatic heterocycles. The van der Waals surface area contributed by atoms with Crippen molar-refractivity contribution in [2.45, 2.75) is 38.3 Å². The van der Waals surface area contributed by atoms with Gasteiger partial charge in [-0.25, -0.2) is 9.67 Å². The van der Waals surface area contributed by atoms with Crippen LogP contribution in [-0.4, -0.2) is 50.7 Å². The van der Waals surface area contributed by atoms with E-state index >= 15 is 0 Å². The van der Waals surface area contributed by atoms with Gasteiger partial charge in [0.1, 0.15) is 12.7 Å². The van der Waals surface area contributed by atoms with Crippen molar-refractivity contribution in [3.8, 4) is 5.69 Å². The minimum atomic E-state index is 0. The third-order valence-electron chi connectivity index (χ3n) is 5.00. The number of hydrogen-bond donors (Lipinski definition) is 1. The number of amides is 1. The smallest absolute Gasteiger partial charge is 0.254 e. The SMILES string of the molecule is Cc1cc(C(=O)N2C3CCNCC2CC3)ccc1-n1cncn1.Cl. The Kier molecular flexibility index (Phi) is 4.87. The van der Waals surface area contributed by atoms with Gasteiger partial charge < -0.3 is 10.2 Å². The monoisotopic (exact) mass is 347 g/mol. The molecule has 7 heteroatoms. The Hall–Kier alpha value is -1.92. The molecule has 4 rings (SSSR count). The molecule has 2 unspecified atom stereocenters. The van der Waals surface area contributed by atoms with Gasteiger partial charge in [0.05, 0.1) is 5.69 Å². The number of nitrogens with zero attached hydrogens (tertiary/aromatic N) is 4. The molecule has 1 aromatic carbocycles. The Balaban J connectivity index is 0.00000169. The molecule has 0 radical (unpaired) electrons. The second kappa shape index (κ2) is 6.91. The molecular formula is C17H22ClN5O. The molecule has 0 saturated carbocycles. The van der Waals surface area contributed by atoms with E-state index < -0.39 is 0 Å². The fourth-order valence-corrected chi connectivity index (χ4v) is 3.84. The fraction of sp³-hybridized carbons (Fsp3) is 0.471. The van der Waals surface area contributed by atoms with E-state index in [0.29, 0.717) is 12.1 Å². The van der Waals surface area contributed by atoms with Gasteiger partial charge in [0.15, 0.2) is 0 Å². The van der Waals surface area contributed by atoms with E-state index in [9.17, 15) is 4.79 Å². The summed E-state index contributed by atoms with van der Waals surface area (Å²) in [5.74, 6) is 0.162. The first kappa shape index (κ1) is 16.9. The standard InChI is InChI=1S/C17H21N5O.ClH/c1-12-8-13(2-5-16(12)21-11-19-10-20-21)17(23)22-14-3-4-15(22)9-18-7-6-14;/h2,5,8,10-11,14-15,18H,3-4,6-7,9H2,1H3;1H. The summed E-state index contributed by atoms with van der Waals surface area (Å²) in [5.41, 5.74) is 2.76. The highest BCUT2D eigenvalue weighted by atomic mass is 35.5. The normalized spacial score (nSPS) is 22.8. The first-order valence-electron chi connectivity index (χ1n) is 8.23. The van der Waals surface area contributed by atoms with Gasteiger partial charge in [0.25, 0.3) is 5.91 Å². The number of benzene rings is 1. The molecule has 2 bridgehead atoms. The molecule has 0 aliphatic carbocycles. The van der Waals surface area contributed by atoms with Crippen LogP contribution in [-0.2, 0) is 0 Å². The van der Waals surface area contributed by atoms with Crippen LogP contribution in [0.25, 0.3) is 5.69 Å². The second-order valence-electron chi connectivity index (χ2n) is 6.43. The average molecular weight is 348 g/mol. The minimum Gasteiger partial charge on any atom is -0.331 e. The Morgan fingerprint density at radius 3 is 2.83 bits per heavy atom. The van der Waals surface area contributed by atoms with Gasteiger partial charge in [-0.3, -0.25) is 4.79 Å². The van der Waals surface area contributed by atoms with Gasteiger partial charge in [0, 0.05) is 24.2 Å². The summed E-state index contributed by atoms with van der Waals surface area (Å²) >= 11 is 0. The summed E-state index contributed by atoms with van der Waals surface area (Å²) in [6.45, 7) is 3.93. The molecule has 0 spiro atoms. The van der Waals surface area contributed by atoms with E-state index in [1.54, 1.807) is 11.0 Å². The van der Waals surface area contributed by atoms with Gasteiger partial charge in [-0.2, -0.15) is 5.10 Å². The third-order valence-corrected chi connectivity index (χ3v) is 5.00. The predicted octanol–water partition coefficient (Wildman–Crippen LogP) is 1.96. The highest BCUT2D eigenvalue weighted by Gasteiger charge is 2.38. The van der Waals surface area contributed by atoms with Crippen molar-refractivity contribution in [2.75, 3.05) is 13.1 Å². The Labute approximate surface area is 147 Å². The maximum atomic E-state index is 13.0. The molecule has 1 N–H and O–H groups in total. The zero-order valence-corrected chi connectivity index (χ0v) is 14.5. The third kappa shape index (κ3) is 2.91. The number of aryl methyl sites for hydroxylation is 1. The van der Waals surface area contributed by atoms with E-state index in [1.165, 1.54) is 6.33 Å². The van der Waals surface area contributed by atoms with Crippen LogP contribution in [0.15, 0.2) is 30.9 Å². The molecule has 128 valence electrons. The molecule has 2 saturated heterocycles. The highest BCUT2D eigenvalue weighted by molar-refractivity contribution is 5.95. The molecule has 1 amide bonds. The molecule has 2 aliphatic rings. The van der Waals surface area contributed by atoms with E-state index in [-0.39, 0.29) is 18.3 Å². The van der Waals surface area contributed by atoms with E-state index in [1.807, 2.05) is 25.1 Å². The van der Waals surface area contributed by atoms with Gasteiger partial charge in [-0.15, -0.1) is 12.4 Å². The molecule has 3 heterocycles. The van der Waals surface area contributed by atoms with Crippen LogP contribution >= 0.6 is 12.4 Å². The number of hydrogen-bond acceptors (Lipinski definition) is 4. The van der Waals surface area contributed by atoms with Gasteiger partial charge in [-0.1, -0.05) is 0 Å². The largest absolute Gasteiger partial charge is 0.331 e. The maximum Gasteiger partial charge on any atom is 0.254 e. The van der Waals surface area contributed by atoms with Crippen molar-refractivity contribution in [2.24, 2.45) is 0 Å². The number of carbonyl (C=O) groups is 1. The average Bonchev–Trinajstić information content (AvgIpc) is 3.13. The molecule has 1 aromatic heterocycles. The number of halogens is 1. The summed E-state index contributed by atoms with van der Waals surface area (Å²) in [6, 6.07) is 6.55. The maximum absolute atomic E-state index is 13.0. The zero-order valence-electron chi connectivity index (χ0n) is 13.7. The Bertz CT molecular complexity index is 704. The molecule has 2 atom stereocenters. The molecule has 2 aromatic rings. The number of fused-ring (bicyclic) bond motifs is 2. The predicted molar refractivity (Wildman–Crippen MR) is 93.8 cm³/mol. The second-order valence-corrected chi connectivity index (χ2v) is 6.43. The van der Waals surface area contributed by atoms with Crippen LogP contribution in [0.3, 0.4) is 0 Å². The first-order valence-corrected chi connectivity index (χ1v) is 8.23. The number of nitrogens with one attached hydrogen (secondary N) is 1. The molecule has 24 heavy (non-hydrogen) atoms. The van der Waals surface area contributed by atoms with Gasteiger partial charge in [-0.05, 0) is 56.5 Å². The summed E-state index contributed by atoms with van der Waals surface area (Å²) < 4.78 is 1.73. The summed E-state index contributed by atoms with van der Waals surface area (Å²) in [5, 5.41) is 7.60. The topological polar surface area (TPSA) is 63.1 Å². The van der Waals surface area contributed by atoms with E-state index in [4.69, 9.17) is 0 Å². The lowest BCUT2D eigenvalue weighted by molar-refractivity contribution is 0.0680. The summed E-state index contributed by atoms with van der Waals surface area (Å²) in [4.78, 5) is 19.1. The Morgan fingerprint density at radius 1 is 1.25 bits per heavy atom. The lowest BCUT2D eigenvalue weighted by atomic mass is 10.1. The van der Waals surface area contributed by atoms with Crippen molar-refractivity contribution in [1.82, 2.24) is 25.0 Å². The molecule has 6 nitrogen and oxygen atoms in total. The van der Waals surface area contributed by atoms with E-state index in [2.05, 4.69) is 20.3 Å². The van der Waals surface area contributed by atoms with Crippen LogP contribution in [0.2, 0.25) is 0 Å². The zero-order chi connectivity index (χ0) is 15.8. The van der Waals surface area contributed by atoms with E-state index in [0.717, 1.165) is 49.2 Å². The summed E-state index contributed by atoms with van der Waals surface area (Å²) in [6.07, 6.45) is 6.48. The fourth-order valence-electron chi connectivity index (χ4n) is 3.84. The van der Waals surface area contributed by atoms with Crippen LogP contribution in [0.4, 0.5) is 0 Å². The Morgan fingerprint density at radius 2 is 2.08 bits per heavy atom. The highest BCUT2D eigenvalue weighted by Crippen LogP contribution is 2.30. The van der Waals surface area contributed by atoms with Gasteiger partial charge >= 0.3 is 0 Å². The summed E-state index contributed by atoms with van der Waals surface area (Å²) in [7, 11) is 0. The molecule has 2 fully saturated rings. The van der Waals surface area contributed by atoms with Gasteiger partial charge in [0.2, 0.25) is 0 Å². The van der Waals surface area contributed by atoms with Crippen molar-refractivity contribution >= 4 is 18.3 Å². The number of rotatable bonds is 2. The quantitative estimate of drug-likeness (QED) is 0.902. The van der Waals surface area contributed by atoms with Crippen LogP contribution < -0.4 is 5.32 Å². The van der Waals surface area contributed by atoms with Crippen molar-refractivity contribution in [3.05, 3.63) is 42.0 Å². The first-order chi connectivity index (χ1) is 11.2. The minimum absolute atomic E-state index is 0. The number of aromatic nitrogens is 3. The van der Waals surface area contributed by atoms with Crippen molar-refractivity contribution in [3.63, 3.8) is 0 Å². The van der Waals surface area contributed by atoms with Crippen molar-refractivity contribution in [1.29, 1.82) is 0 Å². The van der Waals surface area contributed by atoms with Crippen molar-refractivity contribution < 1.29 is 4.79 Å². The lowest BCUT2D eigenvalue weighted by Crippen LogP contribution is -2.42. The number of carbonyl (C=O) groups excluding carboxylic acids is 1. The molecular weight excluding hydrogens is 326 g/mol. The van der Waals surface area contributed by atoms with Crippen LogP contribution in [0.1, 0.15) is 35.2 Å². The lowest BCUT2D eigenvalue weighted by Gasteiger charge is -2.28. The van der Waals surface area contributed by atoms with Crippen LogP contribution in [0.5, 0.6) is 0 Å². The van der Waals surface area contributed by atoms with Crippen LogP contribution in [0, 0.1) is 6.92 Å².